The lowest BCUT2D eigenvalue weighted by atomic mass is 10.1. The van der Waals surface area contributed by atoms with Crippen molar-refractivity contribution in [3.63, 3.8) is 0 Å². The van der Waals surface area contributed by atoms with Crippen LogP contribution in [0.15, 0.2) is 147 Å². The lowest BCUT2D eigenvalue weighted by molar-refractivity contribution is -0.139. The maximum absolute atomic E-state index is 13.2. The molecular formula is C85H89N7O25. The van der Waals surface area contributed by atoms with Crippen LogP contribution >= 0.6 is 0 Å². The first-order valence-electron chi connectivity index (χ1n) is 37.6. The summed E-state index contributed by atoms with van der Waals surface area (Å²) in [6.45, 7) is 15.5. The molecule has 4 heterocycles. The topological polar surface area (TPSA) is 405 Å². The average molecular weight is 1610 g/mol. The second-order valence-corrected chi connectivity index (χ2v) is 26.3. The molecule has 0 radical (unpaired) electrons. The molecule has 0 saturated heterocycles. The van der Waals surface area contributed by atoms with E-state index < -0.39 is 77.5 Å². The fraction of sp³-hybridized carbons (Fsp3) is 0.318. The standard InChI is InChI=1S/C34H40N2O11.C27H25N3O9.C24H24N2O5/c1-5-8-9-10-11-16-36-32(40)28-22-24(13-15-26(28)34(42)46-20-18-44-30(38)7-3)47-23-12-14-25(27(21-23)31(39)35-4)33(41)45-19-17-43-29(37)6-2;1-4-15(39-27(36)28-10-11-37-22(31)5-2)14-30-25(34)19-9-7-17(13-21(19)26(30)35)38-16-6-8-18-20(12-16)24(33)29(3)23(18)32;1-3-4-5-6-7-12-26-23(29)18-11-9-16(14-20(18)24(26)30)31-15-8-10-17-19(13-15)22(28)25(2)21(17)27/h6-7,12-15,21-22H,2-3,5,8-11,16-20H2,1,4H3,(H,35,39)(H,36,40);5-9,12-13,15H,2,4,10-11,14H2,1,3H3,(H,28,36);8-11,13-14H,3-7,12H2,1-2H3. The van der Waals surface area contributed by atoms with E-state index in [0.29, 0.717) is 47.7 Å². The largest absolute Gasteiger partial charge is 0.461 e. The molecule has 6 aromatic rings. The van der Waals surface area contributed by atoms with Gasteiger partial charge in [0, 0.05) is 52.5 Å². The van der Waals surface area contributed by atoms with E-state index >= 15 is 0 Å². The summed E-state index contributed by atoms with van der Waals surface area (Å²) in [5.74, 6) is -6.42. The number of amides is 11. The molecule has 4 aliphatic rings. The molecule has 6 aromatic carbocycles. The highest BCUT2D eigenvalue weighted by atomic mass is 16.6. The number of esters is 5. The number of fused-ring (bicyclic) bond motifs is 4. The Bertz CT molecular complexity index is 4890. The summed E-state index contributed by atoms with van der Waals surface area (Å²) in [6, 6.07) is 26.5. The third-order valence-corrected chi connectivity index (χ3v) is 18.3. The molecule has 32 heteroatoms. The highest BCUT2D eigenvalue weighted by molar-refractivity contribution is 6.24. The maximum Gasteiger partial charge on any atom is 0.407 e. The van der Waals surface area contributed by atoms with Crippen molar-refractivity contribution in [1.82, 2.24) is 35.6 Å². The number of hydrogen-bond acceptors (Lipinski definition) is 25. The van der Waals surface area contributed by atoms with Crippen LogP contribution in [0.2, 0.25) is 0 Å². The van der Waals surface area contributed by atoms with Crippen LogP contribution in [0.1, 0.15) is 216 Å². The van der Waals surface area contributed by atoms with E-state index in [1.165, 1.54) is 105 Å². The number of carbonyl (C=O) groups excluding carboxylic acids is 16. The molecule has 1 atom stereocenters. The van der Waals surface area contributed by atoms with Crippen molar-refractivity contribution in [2.24, 2.45) is 0 Å². The van der Waals surface area contributed by atoms with Crippen LogP contribution in [0.25, 0.3) is 0 Å². The molecule has 32 nitrogen and oxygen atoms in total. The number of nitrogens with one attached hydrogen (secondary N) is 3. The van der Waals surface area contributed by atoms with Gasteiger partial charge in [-0.2, -0.15) is 0 Å². The number of hydrogen-bond donors (Lipinski definition) is 3. The SMILES string of the molecule is C=CC(=O)OCCNC(=O)OC(CC)CN1C(=O)c2ccc(Oc3ccc4c(c3)C(=O)N(C)C4=O)cc2C1=O.C=CC(=O)OCCOC(=O)c1ccc(Oc2ccc(C(=O)OCCOC(=O)C=C)c(C(=O)NCCCCCCC)c2)cc1C(=O)NC.CCCCCCCN1C(=O)c2ccc(Oc3ccc4c(c3)C(=O)N(C)C4=O)cc2C1=O. The van der Waals surface area contributed by atoms with Gasteiger partial charge in [0.25, 0.3) is 59.1 Å². The summed E-state index contributed by atoms with van der Waals surface area (Å²) in [7, 11) is 4.21. The monoisotopic (exact) mass is 1610 g/mol. The van der Waals surface area contributed by atoms with Crippen molar-refractivity contribution >= 4 is 95.0 Å². The zero-order chi connectivity index (χ0) is 85.0. The van der Waals surface area contributed by atoms with E-state index in [1.54, 1.807) is 37.3 Å². The van der Waals surface area contributed by atoms with E-state index in [2.05, 4.69) is 49.5 Å². The molecule has 117 heavy (non-hydrogen) atoms. The zero-order valence-electron chi connectivity index (χ0n) is 65.5. The van der Waals surface area contributed by atoms with Crippen LogP contribution < -0.4 is 30.2 Å². The quantitative estimate of drug-likeness (QED) is 0.0107. The normalized spacial score (nSPS) is 12.9. The van der Waals surface area contributed by atoms with Gasteiger partial charge in [0.05, 0.1) is 79.9 Å². The Morgan fingerprint density at radius 3 is 1.15 bits per heavy atom. The first-order chi connectivity index (χ1) is 56.2. The highest BCUT2D eigenvalue weighted by Gasteiger charge is 2.40. The average Bonchev–Trinajstić information content (AvgIpc) is 1.64. The second-order valence-electron chi connectivity index (χ2n) is 26.3. The summed E-state index contributed by atoms with van der Waals surface area (Å²) in [6.07, 6.45) is 11.8. The second kappa shape index (κ2) is 42.8. The lowest BCUT2D eigenvalue weighted by Gasteiger charge is -2.21. The number of ether oxygens (including phenoxy) is 9. The summed E-state index contributed by atoms with van der Waals surface area (Å²) >= 11 is 0. The minimum absolute atomic E-state index is 0.00995. The summed E-state index contributed by atoms with van der Waals surface area (Å²) in [5, 5.41) is 7.69. The molecule has 0 bridgehead atoms. The van der Waals surface area contributed by atoms with Crippen molar-refractivity contribution in [2.75, 3.05) is 80.4 Å². The van der Waals surface area contributed by atoms with Gasteiger partial charge in [-0.15, -0.1) is 0 Å². The van der Waals surface area contributed by atoms with Crippen molar-refractivity contribution in [3.8, 4) is 34.5 Å². The Kier molecular flexibility index (Phi) is 32.4. The molecule has 0 aliphatic carbocycles. The summed E-state index contributed by atoms with van der Waals surface area (Å²) < 4.78 is 47.5. The van der Waals surface area contributed by atoms with Gasteiger partial charge in [-0.25, -0.2) is 28.8 Å². The number of benzene rings is 6. The van der Waals surface area contributed by atoms with E-state index in [4.69, 9.17) is 42.6 Å². The highest BCUT2D eigenvalue weighted by Crippen LogP contribution is 2.36. The van der Waals surface area contributed by atoms with Gasteiger partial charge in [-0.1, -0.05) is 91.9 Å². The van der Waals surface area contributed by atoms with Crippen LogP contribution in [-0.4, -0.2) is 201 Å². The molecule has 0 spiro atoms. The van der Waals surface area contributed by atoms with Gasteiger partial charge in [0.1, 0.15) is 73.6 Å². The van der Waals surface area contributed by atoms with Gasteiger partial charge < -0.3 is 58.6 Å². The Morgan fingerprint density at radius 2 is 0.726 bits per heavy atom. The van der Waals surface area contributed by atoms with E-state index in [0.717, 1.165) is 97.1 Å². The first kappa shape index (κ1) is 88.6. The molecule has 0 saturated carbocycles. The van der Waals surface area contributed by atoms with Crippen LogP contribution in [0.3, 0.4) is 0 Å². The van der Waals surface area contributed by atoms with E-state index in [-0.39, 0.29) is 143 Å². The minimum atomic E-state index is -0.833. The van der Waals surface area contributed by atoms with Gasteiger partial charge in [0.15, 0.2) is 0 Å². The third-order valence-electron chi connectivity index (χ3n) is 18.3. The predicted octanol–water partition coefficient (Wildman–Crippen LogP) is 11.1. The molecule has 11 amide bonds. The third kappa shape index (κ3) is 23.2. The fourth-order valence-corrected chi connectivity index (χ4v) is 12.0. The van der Waals surface area contributed by atoms with Crippen LogP contribution in [0.4, 0.5) is 4.79 Å². The van der Waals surface area contributed by atoms with Gasteiger partial charge in [-0.05, 0) is 128 Å². The molecule has 0 fully saturated rings. The number of alkyl carbamates (subject to hydrolysis) is 1. The molecular weight excluding hydrogens is 1520 g/mol. The number of carbonyl (C=O) groups is 16. The van der Waals surface area contributed by atoms with E-state index in [1.807, 2.05) is 0 Å². The van der Waals surface area contributed by atoms with Crippen molar-refractivity contribution in [1.29, 1.82) is 0 Å². The zero-order valence-corrected chi connectivity index (χ0v) is 65.5. The molecule has 614 valence electrons. The van der Waals surface area contributed by atoms with Crippen LogP contribution in [-0.2, 0) is 42.8 Å². The Labute approximate surface area is 673 Å². The molecule has 10 rings (SSSR count). The lowest BCUT2D eigenvalue weighted by Crippen LogP contribution is -2.40. The fourth-order valence-electron chi connectivity index (χ4n) is 12.0. The Balaban J connectivity index is 0.000000223. The summed E-state index contributed by atoms with van der Waals surface area (Å²) in [5.41, 5.74) is 1.91. The number of unbranched alkanes of at least 4 members (excludes halogenated alkanes) is 8. The maximum atomic E-state index is 13.2. The Morgan fingerprint density at radius 1 is 0.376 bits per heavy atom. The molecule has 3 N–H and O–H groups in total. The summed E-state index contributed by atoms with van der Waals surface area (Å²) in [4.78, 5) is 201. The van der Waals surface area contributed by atoms with Crippen LogP contribution in [0, 0.1) is 0 Å². The van der Waals surface area contributed by atoms with Gasteiger partial charge in [-0.3, -0.25) is 67.5 Å². The van der Waals surface area contributed by atoms with Gasteiger partial charge in [0.2, 0.25) is 0 Å². The molecule has 4 aliphatic heterocycles. The van der Waals surface area contributed by atoms with Gasteiger partial charge >= 0.3 is 35.9 Å². The van der Waals surface area contributed by atoms with Crippen molar-refractivity contribution in [2.45, 2.75) is 97.5 Å². The molecule has 1 unspecified atom stereocenters. The van der Waals surface area contributed by atoms with Crippen molar-refractivity contribution in [3.05, 3.63) is 214 Å². The minimum Gasteiger partial charge on any atom is -0.461 e. The smallest absolute Gasteiger partial charge is 0.407 e. The number of rotatable bonds is 38. The Hall–Kier alpha value is -13.9. The first-order valence-corrected chi connectivity index (χ1v) is 37.6. The number of imide groups is 4. The molecule has 0 aromatic heterocycles. The van der Waals surface area contributed by atoms with Crippen molar-refractivity contribution < 1.29 is 119 Å². The van der Waals surface area contributed by atoms with E-state index in [9.17, 15) is 76.7 Å². The van der Waals surface area contributed by atoms with Crippen LogP contribution in [0.5, 0.6) is 34.5 Å². The number of nitrogens with zero attached hydrogens (tertiary/aromatic N) is 4. The predicted molar refractivity (Wildman–Crippen MR) is 418 cm³/mol.